The van der Waals surface area contributed by atoms with E-state index in [0.717, 1.165) is 60.1 Å². The van der Waals surface area contributed by atoms with E-state index in [4.69, 9.17) is 16.3 Å². The number of anilines is 1. The molecule has 220 valence electrons. The maximum absolute atomic E-state index is 12.6. The SMILES string of the molecule is [C-]#[N+]C[C@H]1CN(c2c(C#N)c(OC[C@@H]3CCCN3C)nc3cc(-c4cccc5c4CCCS5)ccc23)CCN1C(=O)C=C. The van der Waals surface area contributed by atoms with Gasteiger partial charge in [-0.3, -0.25) is 4.79 Å². The molecule has 0 saturated carbocycles. The Morgan fingerprint density at radius 2 is 2.14 bits per heavy atom. The molecule has 4 heterocycles. The Balaban J connectivity index is 1.45. The van der Waals surface area contributed by atoms with E-state index in [-0.39, 0.29) is 24.5 Å². The molecular weight excluding hydrogens is 556 g/mol. The Bertz CT molecular complexity index is 1640. The minimum absolute atomic E-state index is 0.174. The summed E-state index contributed by atoms with van der Waals surface area (Å²) in [7, 11) is 2.11. The number of rotatable bonds is 7. The number of thioether (sulfide) groups is 1. The van der Waals surface area contributed by atoms with Crippen molar-refractivity contribution in [1.29, 1.82) is 5.26 Å². The number of carbonyl (C=O) groups is 1. The number of pyridine rings is 1. The van der Waals surface area contributed by atoms with Crippen LogP contribution in [0.25, 0.3) is 26.9 Å². The van der Waals surface area contributed by atoms with Crippen molar-refractivity contribution in [2.75, 3.05) is 57.0 Å². The fourth-order valence-electron chi connectivity index (χ4n) is 6.68. The van der Waals surface area contributed by atoms with Gasteiger partial charge >= 0.3 is 0 Å². The van der Waals surface area contributed by atoms with Crippen LogP contribution in [0.3, 0.4) is 0 Å². The van der Waals surface area contributed by atoms with Crippen molar-refractivity contribution in [3.8, 4) is 23.1 Å². The van der Waals surface area contributed by atoms with E-state index in [9.17, 15) is 10.1 Å². The molecule has 0 spiro atoms. The monoisotopic (exact) mass is 592 g/mol. The quantitative estimate of drug-likeness (QED) is 0.268. The van der Waals surface area contributed by atoms with Crippen LogP contribution in [0.1, 0.15) is 30.4 Å². The molecule has 2 aromatic carbocycles. The third kappa shape index (κ3) is 5.68. The molecule has 0 unspecified atom stereocenters. The van der Waals surface area contributed by atoms with E-state index in [1.807, 2.05) is 11.8 Å². The second kappa shape index (κ2) is 12.7. The predicted octanol–water partition coefficient (Wildman–Crippen LogP) is 5.41. The fourth-order valence-corrected chi connectivity index (χ4v) is 7.75. The van der Waals surface area contributed by atoms with Crippen LogP contribution in [0, 0.1) is 17.9 Å². The van der Waals surface area contributed by atoms with Crippen LogP contribution in [0.4, 0.5) is 5.69 Å². The summed E-state index contributed by atoms with van der Waals surface area (Å²) in [5.41, 5.74) is 5.65. The van der Waals surface area contributed by atoms with E-state index >= 15 is 0 Å². The van der Waals surface area contributed by atoms with E-state index in [2.05, 4.69) is 70.7 Å². The lowest BCUT2D eigenvalue weighted by atomic mass is 9.95. The van der Waals surface area contributed by atoms with Gasteiger partial charge in [-0.05, 0) is 79.9 Å². The molecule has 0 aliphatic carbocycles. The molecule has 3 aromatic rings. The van der Waals surface area contributed by atoms with Gasteiger partial charge in [0.2, 0.25) is 18.3 Å². The number of likely N-dealkylation sites (tertiary alicyclic amines) is 1. The number of nitrogens with zero attached hydrogens (tertiary/aromatic N) is 6. The molecule has 9 heteroatoms. The van der Waals surface area contributed by atoms with Crippen molar-refractivity contribution in [3.05, 3.63) is 71.6 Å². The van der Waals surface area contributed by atoms with E-state index < -0.39 is 0 Å². The van der Waals surface area contributed by atoms with Gasteiger partial charge in [-0.2, -0.15) is 5.26 Å². The van der Waals surface area contributed by atoms with E-state index in [1.165, 1.54) is 22.1 Å². The lowest BCUT2D eigenvalue weighted by Gasteiger charge is -2.40. The number of carbonyl (C=O) groups excluding carboxylic acids is 1. The van der Waals surface area contributed by atoms with E-state index in [0.29, 0.717) is 37.7 Å². The molecule has 1 aromatic heterocycles. The number of hydrogen-bond donors (Lipinski definition) is 0. The highest BCUT2D eigenvalue weighted by atomic mass is 32.2. The topological polar surface area (TPSA) is 77.1 Å². The summed E-state index contributed by atoms with van der Waals surface area (Å²) < 4.78 is 6.38. The molecule has 1 amide bonds. The Morgan fingerprint density at radius 1 is 1.26 bits per heavy atom. The first-order valence-corrected chi connectivity index (χ1v) is 16.0. The van der Waals surface area contributed by atoms with Crippen LogP contribution in [0.2, 0.25) is 0 Å². The van der Waals surface area contributed by atoms with Gasteiger partial charge in [-0.1, -0.05) is 30.8 Å². The zero-order valence-corrected chi connectivity index (χ0v) is 25.4. The van der Waals surface area contributed by atoms with Crippen LogP contribution < -0.4 is 9.64 Å². The molecule has 0 radical (unpaired) electrons. The second-order valence-electron chi connectivity index (χ2n) is 11.5. The van der Waals surface area contributed by atoms with Crippen LogP contribution in [0.5, 0.6) is 5.88 Å². The highest BCUT2D eigenvalue weighted by molar-refractivity contribution is 7.99. The van der Waals surface area contributed by atoms with Gasteiger partial charge in [-0.15, -0.1) is 11.8 Å². The maximum atomic E-state index is 12.6. The summed E-state index contributed by atoms with van der Waals surface area (Å²) in [6.07, 6.45) is 5.71. The number of nitriles is 1. The molecule has 2 atom stereocenters. The number of hydrogen-bond acceptors (Lipinski definition) is 7. The number of piperazine rings is 1. The molecule has 0 N–H and O–H groups in total. The molecule has 6 rings (SSSR count). The minimum atomic E-state index is -0.310. The van der Waals surface area contributed by atoms with Gasteiger partial charge in [-0.25, -0.2) is 11.6 Å². The number of aromatic nitrogens is 1. The number of fused-ring (bicyclic) bond motifs is 2. The summed E-state index contributed by atoms with van der Waals surface area (Å²) >= 11 is 1.92. The van der Waals surface area contributed by atoms with Crippen LogP contribution in [-0.4, -0.2) is 84.9 Å². The minimum Gasteiger partial charge on any atom is -0.475 e. The highest BCUT2D eigenvalue weighted by Gasteiger charge is 2.34. The summed E-state index contributed by atoms with van der Waals surface area (Å²) in [5, 5.41) is 11.4. The number of amides is 1. The number of benzene rings is 2. The van der Waals surface area contributed by atoms with Crippen molar-refractivity contribution < 1.29 is 9.53 Å². The van der Waals surface area contributed by atoms with Crippen LogP contribution >= 0.6 is 11.8 Å². The molecular formula is C34H36N6O2S. The zero-order chi connectivity index (χ0) is 29.9. The molecule has 43 heavy (non-hydrogen) atoms. The Hall–Kier alpha value is -4.05. The standard InChI is InChI=1S/C34H36N6O2S/c1-4-32(41)40-16-15-39(21-25(40)20-36-2)33-28-13-12-23(26-9-5-11-31-27(26)10-7-17-43-31)18-30(28)37-34(29(33)19-35)42-22-24-8-6-14-38(24)3/h4-5,9,11-13,18,24-25H,1,6-8,10,14-17,20-22H2,3H3/t24-,25-/m0/s1. The molecule has 3 aliphatic heterocycles. The zero-order valence-electron chi connectivity index (χ0n) is 24.6. The van der Waals surface area contributed by atoms with Gasteiger partial charge in [0, 0.05) is 36.0 Å². The first-order chi connectivity index (χ1) is 21.0. The summed E-state index contributed by atoms with van der Waals surface area (Å²) in [6, 6.07) is 15.2. The Morgan fingerprint density at radius 3 is 2.91 bits per heavy atom. The maximum Gasteiger partial charge on any atom is 0.246 e. The number of likely N-dealkylation sites (N-methyl/N-ethyl adjacent to an activating group) is 1. The Kier molecular flexibility index (Phi) is 8.56. The van der Waals surface area contributed by atoms with Crippen molar-refractivity contribution in [3.63, 3.8) is 0 Å². The molecule has 2 fully saturated rings. The van der Waals surface area contributed by atoms with Crippen LogP contribution in [-0.2, 0) is 11.2 Å². The lowest BCUT2D eigenvalue weighted by Crippen LogP contribution is -2.56. The highest BCUT2D eigenvalue weighted by Crippen LogP contribution is 2.41. The summed E-state index contributed by atoms with van der Waals surface area (Å²) in [6.45, 7) is 14.3. The molecule has 3 aliphatic rings. The first kappa shape index (κ1) is 29.0. The van der Waals surface area contributed by atoms with Crippen molar-refractivity contribution in [2.45, 2.75) is 42.7 Å². The Labute approximate surface area is 257 Å². The average molecular weight is 593 g/mol. The van der Waals surface area contributed by atoms with Gasteiger partial charge in [0.25, 0.3) is 0 Å². The molecule has 0 bridgehead atoms. The van der Waals surface area contributed by atoms with Gasteiger partial charge < -0.3 is 24.3 Å². The predicted molar refractivity (Wildman–Crippen MR) is 171 cm³/mol. The third-order valence-corrected chi connectivity index (χ3v) is 10.1. The summed E-state index contributed by atoms with van der Waals surface area (Å²) in [4.78, 5) is 28.7. The lowest BCUT2D eigenvalue weighted by molar-refractivity contribution is -0.128. The third-order valence-electron chi connectivity index (χ3n) is 8.95. The van der Waals surface area contributed by atoms with Gasteiger partial charge in [0.15, 0.2) is 0 Å². The molecule has 8 nitrogen and oxygen atoms in total. The fraction of sp³-hybridized carbons (Fsp3) is 0.412. The van der Waals surface area contributed by atoms with Gasteiger partial charge in [0.05, 0.1) is 11.2 Å². The first-order valence-electron chi connectivity index (χ1n) is 15.0. The van der Waals surface area contributed by atoms with Gasteiger partial charge in [0.1, 0.15) is 24.3 Å². The smallest absolute Gasteiger partial charge is 0.246 e. The summed E-state index contributed by atoms with van der Waals surface area (Å²) in [5.74, 6) is 1.32. The van der Waals surface area contributed by atoms with Crippen LogP contribution in [0.15, 0.2) is 53.9 Å². The number of ether oxygens (including phenoxy) is 1. The molecule has 2 saturated heterocycles. The van der Waals surface area contributed by atoms with Crippen molar-refractivity contribution in [2.24, 2.45) is 0 Å². The normalized spacial score (nSPS) is 20.3. The largest absolute Gasteiger partial charge is 0.475 e. The average Bonchev–Trinajstić information content (AvgIpc) is 3.46. The van der Waals surface area contributed by atoms with Crippen molar-refractivity contribution >= 4 is 34.3 Å². The van der Waals surface area contributed by atoms with E-state index in [1.54, 1.807) is 4.90 Å². The second-order valence-corrected chi connectivity index (χ2v) is 12.6. The van der Waals surface area contributed by atoms with Crippen molar-refractivity contribution in [1.82, 2.24) is 14.8 Å².